The number of rotatable bonds is 5. The number of fused-ring (bicyclic) bond motifs is 1. The van der Waals surface area contributed by atoms with Gasteiger partial charge in [-0.25, -0.2) is 4.98 Å². The molecule has 1 N–H and O–H groups in total. The number of hydrogen-bond acceptors (Lipinski definition) is 3. The average Bonchev–Trinajstić information content (AvgIpc) is 2.60. The second-order valence-corrected chi connectivity index (χ2v) is 6.99. The van der Waals surface area contributed by atoms with Crippen LogP contribution < -0.4 is 5.56 Å². The highest BCUT2D eigenvalue weighted by atomic mass is 16.4. The normalized spacial score (nSPS) is 15.6. The Morgan fingerprint density at radius 2 is 2.00 bits per heavy atom. The first-order valence-corrected chi connectivity index (χ1v) is 9.27. The largest absolute Gasteiger partial charge is 0.481 e. The Balaban J connectivity index is 2.28. The molecular formula is C20H26N2O3. The van der Waals surface area contributed by atoms with Gasteiger partial charge < -0.3 is 5.11 Å². The summed E-state index contributed by atoms with van der Waals surface area (Å²) in [7, 11) is 0. The van der Waals surface area contributed by atoms with E-state index in [9.17, 15) is 9.59 Å². The van der Waals surface area contributed by atoms with Crippen molar-refractivity contribution in [3.63, 3.8) is 0 Å². The van der Waals surface area contributed by atoms with Gasteiger partial charge in [0.1, 0.15) is 5.65 Å². The van der Waals surface area contributed by atoms with E-state index in [0.717, 1.165) is 35.1 Å². The van der Waals surface area contributed by atoms with Crippen molar-refractivity contribution in [1.82, 2.24) is 9.55 Å². The van der Waals surface area contributed by atoms with E-state index in [0.29, 0.717) is 24.4 Å². The highest BCUT2D eigenvalue weighted by Crippen LogP contribution is 2.37. The van der Waals surface area contributed by atoms with E-state index in [1.165, 1.54) is 19.3 Å². The maximum atomic E-state index is 13.1. The number of nitrogens with zero attached hydrogens (tertiary/aromatic N) is 2. The second-order valence-electron chi connectivity index (χ2n) is 6.99. The minimum absolute atomic E-state index is 0.0104. The molecule has 1 aliphatic carbocycles. The Kier molecular flexibility index (Phi) is 5.21. The topological polar surface area (TPSA) is 72.2 Å². The van der Waals surface area contributed by atoms with Crippen molar-refractivity contribution in [2.75, 3.05) is 0 Å². The summed E-state index contributed by atoms with van der Waals surface area (Å²) in [5, 5.41) is 10.1. The summed E-state index contributed by atoms with van der Waals surface area (Å²) in [6, 6.07) is 4.05. The van der Waals surface area contributed by atoms with Crippen LogP contribution in [0.1, 0.15) is 68.2 Å². The van der Waals surface area contributed by atoms with E-state index < -0.39 is 5.97 Å². The van der Waals surface area contributed by atoms with Crippen LogP contribution in [0.25, 0.3) is 11.0 Å². The van der Waals surface area contributed by atoms with Crippen LogP contribution >= 0.6 is 0 Å². The molecule has 5 nitrogen and oxygen atoms in total. The molecule has 2 heterocycles. The van der Waals surface area contributed by atoms with Gasteiger partial charge in [-0.15, -0.1) is 0 Å². The van der Waals surface area contributed by atoms with Gasteiger partial charge in [-0.3, -0.25) is 14.2 Å². The Morgan fingerprint density at radius 3 is 2.64 bits per heavy atom. The number of carboxylic acid groups (broad SMARTS) is 1. The first-order chi connectivity index (χ1) is 12.0. The molecule has 2 aromatic heterocycles. The van der Waals surface area contributed by atoms with Gasteiger partial charge in [0.15, 0.2) is 0 Å². The molecule has 1 fully saturated rings. The third kappa shape index (κ3) is 3.46. The number of carbonyl (C=O) groups is 1. The van der Waals surface area contributed by atoms with Crippen molar-refractivity contribution < 1.29 is 9.90 Å². The fraction of sp³-hybridized carbons (Fsp3) is 0.550. The lowest BCUT2D eigenvalue weighted by molar-refractivity contribution is -0.136. The predicted molar refractivity (Wildman–Crippen MR) is 98.2 cm³/mol. The summed E-state index contributed by atoms with van der Waals surface area (Å²) >= 11 is 0. The molecule has 1 saturated carbocycles. The molecule has 0 bridgehead atoms. The molecule has 3 rings (SSSR count). The first kappa shape index (κ1) is 17.6. The van der Waals surface area contributed by atoms with Gasteiger partial charge in [-0.05, 0) is 56.7 Å². The van der Waals surface area contributed by atoms with E-state index in [1.807, 2.05) is 19.9 Å². The lowest BCUT2D eigenvalue weighted by atomic mass is 9.80. The van der Waals surface area contributed by atoms with Crippen LogP contribution in [0.3, 0.4) is 0 Å². The molecule has 0 atom stereocenters. The lowest BCUT2D eigenvalue weighted by Crippen LogP contribution is -2.28. The van der Waals surface area contributed by atoms with E-state index in [2.05, 4.69) is 11.1 Å². The number of aryl methyl sites for hydroxylation is 2. The highest BCUT2D eigenvalue weighted by molar-refractivity contribution is 5.81. The third-order valence-electron chi connectivity index (χ3n) is 5.31. The van der Waals surface area contributed by atoms with Crippen molar-refractivity contribution in [2.24, 2.45) is 0 Å². The highest BCUT2D eigenvalue weighted by Gasteiger charge is 2.25. The maximum absolute atomic E-state index is 13.1. The Hall–Kier alpha value is -2.17. The molecular weight excluding hydrogens is 316 g/mol. The first-order valence-electron chi connectivity index (χ1n) is 9.27. The number of carboxylic acids is 1. The summed E-state index contributed by atoms with van der Waals surface area (Å²) in [6.45, 7) is 4.41. The van der Waals surface area contributed by atoms with Gasteiger partial charge in [0.25, 0.3) is 5.56 Å². The summed E-state index contributed by atoms with van der Waals surface area (Å²) in [5.74, 6) is -0.525. The van der Waals surface area contributed by atoms with Crippen LogP contribution in [0.2, 0.25) is 0 Å². The van der Waals surface area contributed by atoms with Crippen LogP contribution in [-0.2, 0) is 17.8 Å². The van der Waals surface area contributed by atoms with Gasteiger partial charge in [-0.2, -0.15) is 0 Å². The third-order valence-corrected chi connectivity index (χ3v) is 5.31. The van der Waals surface area contributed by atoms with Crippen LogP contribution in [0, 0.1) is 6.92 Å². The summed E-state index contributed by atoms with van der Waals surface area (Å²) in [4.78, 5) is 28.9. The molecule has 0 radical (unpaired) electrons. The van der Waals surface area contributed by atoms with Crippen LogP contribution in [-0.4, -0.2) is 20.6 Å². The van der Waals surface area contributed by atoms with Gasteiger partial charge in [0.05, 0.1) is 0 Å². The average molecular weight is 342 g/mol. The molecule has 5 heteroatoms. The number of aliphatic carboxylic acids is 1. The predicted octanol–water partition coefficient (Wildman–Crippen LogP) is 3.79. The molecule has 0 aromatic carbocycles. The number of aromatic nitrogens is 2. The monoisotopic (exact) mass is 342 g/mol. The van der Waals surface area contributed by atoms with E-state index in [-0.39, 0.29) is 12.0 Å². The van der Waals surface area contributed by atoms with Gasteiger partial charge in [0.2, 0.25) is 0 Å². The quantitative estimate of drug-likeness (QED) is 0.897. The minimum Gasteiger partial charge on any atom is -0.481 e. The number of hydrogen-bond donors (Lipinski definition) is 1. The summed E-state index contributed by atoms with van der Waals surface area (Å²) in [6.07, 6.45) is 5.99. The maximum Gasteiger partial charge on any atom is 0.303 e. The fourth-order valence-electron chi connectivity index (χ4n) is 4.12. The van der Waals surface area contributed by atoms with E-state index in [1.54, 1.807) is 4.57 Å². The molecule has 0 amide bonds. The summed E-state index contributed by atoms with van der Waals surface area (Å²) in [5.41, 5.74) is 3.33. The smallest absolute Gasteiger partial charge is 0.303 e. The lowest BCUT2D eigenvalue weighted by Gasteiger charge is -2.26. The Labute approximate surface area is 147 Å². The van der Waals surface area contributed by atoms with E-state index >= 15 is 0 Å². The van der Waals surface area contributed by atoms with Crippen molar-refractivity contribution in [2.45, 2.75) is 71.3 Å². The molecule has 134 valence electrons. The zero-order valence-electron chi connectivity index (χ0n) is 15.0. The van der Waals surface area contributed by atoms with Crippen molar-refractivity contribution >= 4 is 17.0 Å². The zero-order chi connectivity index (χ0) is 18.0. The van der Waals surface area contributed by atoms with Crippen molar-refractivity contribution in [1.29, 1.82) is 0 Å². The molecule has 0 unspecified atom stereocenters. The molecule has 2 aromatic rings. The van der Waals surface area contributed by atoms with Crippen LogP contribution in [0.4, 0.5) is 0 Å². The molecule has 1 aliphatic rings. The minimum atomic E-state index is -0.862. The van der Waals surface area contributed by atoms with Crippen molar-refractivity contribution in [3.8, 4) is 0 Å². The molecule has 0 saturated heterocycles. The zero-order valence-corrected chi connectivity index (χ0v) is 15.0. The van der Waals surface area contributed by atoms with Gasteiger partial charge >= 0.3 is 5.97 Å². The molecule has 25 heavy (non-hydrogen) atoms. The standard InChI is InChI=1S/C20H26N2O3/c1-3-22-19-15(10-9-13(2)21-19)18(14-7-5-4-6-8-14)16(20(22)25)11-12-17(23)24/h9-10,14H,3-8,11-12H2,1-2H3,(H,23,24). The van der Waals surface area contributed by atoms with Gasteiger partial charge in [-0.1, -0.05) is 19.3 Å². The van der Waals surface area contributed by atoms with Crippen LogP contribution in [0.15, 0.2) is 16.9 Å². The fourth-order valence-corrected chi connectivity index (χ4v) is 4.12. The SMILES string of the molecule is CCn1c(=O)c(CCC(=O)O)c(C2CCCCC2)c2ccc(C)nc21. The molecule has 0 aliphatic heterocycles. The summed E-state index contributed by atoms with van der Waals surface area (Å²) < 4.78 is 1.70. The second kappa shape index (κ2) is 7.38. The Morgan fingerprint density at radius 1 is 1.28 bits per heavy atom. The van der Waals surface area contributed by atoms with Crippen molar-refractivity contribution in [3.05, 3.63) is 39.3 Å². The Bertz CT molecular complexity index is 848. The molecule has 0 spiro atoms. The van der Waals surface area contributed by atoms with E-state index in [4.69, 9.17) is 5.11 Å². The number of pyridine rings is 2. The van der Waals surface area contributed by atoms with Gasteiger partial charge in [0, 0.05) is 29.6 Å². The van der Waals surface area contributed by atoms with Crippen LogP contribution in [0.5, 0.6) is 0 Å².